The molecule has 0 amide bonds. The van der Waals surface area contributed by atoms with Crippen LogP contribution in [0.1, 0.15) is 22.9 Å². The molecular weight excluding hydrogens is 630 g/mol. The number of hydrogen-bond donors (Lipinski definition) is 0. The zero-order valence-corrected chi connectivity index (χ0v) is 25.9. The van der Waals surface area contributed by atoms with Gasteiger partial charge in [-0.05, 0) is 34.4 Å². The highest BCUT2D eigenvalue weighted by molar-refractivity contribution is 6.50. The van der Waals surface area contributed by atoms with Gasteiger partial charge in [0.1, 0.15) is 23.8 Å². The van der Waals surface area contributed by atoms with E-state index >= 15 is 0 Å². The van der Waals surface area contributed by atoms with Gasteiger partial charge in [0.05, 0.1) is 47.0 Å². The van der Waals surface area contributed by atoms with Crippen molar-refractivity contribution in [2.24, 2.45) is 0 Å². The van der Waals surface area contributed by atoms with Crippen LogP contribution in [0, 0.1) is 0 Å². The van der Waals surface area contributed by atoms with Crippen LogP contribution in [0.15, 0.2) is 97.1 Å². The van der Waals surface area contributed by atoms with E-state index in [-0.39, 0.29) is 27.0 Å². The van der Waals surface area contributed by atoms with E-state index in [0.29, 0.717) is 30.9 Å². The molecule has 0 N–H and O–H groups in total. The van der Waals surface area contributed by atoms with Gasteiger partial charge in [-0.2, -0.15) is 0 Å². The Morgan fingerprint density at radius 3 is 1.79 bits per heavy atom. The summed E-state index contributed by atoms with van der Waals surface area (Å²) in [6.45, 7) is 1.36. The van der Waals surface area contributed by atoms with Crippen molar-refractivity contribution >= 4 is 57.4 Å². The molecule has 0 saturated carbocycles. The van der Waals surface area contributed by atoms with E-state index in [1.807, 2.05) is 91.0 Å². The molecule has 1 fully saturated rings. The molecule has 0 radical (unpaired) electrons. The number of halogens is 4. The third-order valence-electron chi connectivity index (χ3n) is 7.28. The fourth-order valence-corrected chi connectivity index (χ4v) is 6.08. The normalized spacial score (nSPS) is 20.2. The molecule has 2 heterocycles. The Kier molecular flexibility index (Phi) is 9.87. The highest BCUT2D eigenvalue weighted by Gasteiger charge is 2.48. The Bertz CT molecular complexity index is 1650. The van der Waals surface area contributed by atoms with E-state index in [2.05, 4.69) is 4.98 Å². The van der Waals surface area contributed by atoms with Crippen molar-refractivity contribution in [3.05, 3.63) is 134 Å². The smallest absolute Gasteiger partial charge is 0.206 e. The first-order chi connectivity index (χ1) is 21.0. The molecule has 222 valence electrons. The summed E-state index contributed by atoms with van der Waals surface area (Å²) in [7, 11) is 0. The standard InChI is InChI=1S/C33H28Cl4N2O4/c34-24-16-25-29(28(36)27(24)35)38-33(37)39(25)32-31(42-19-23-14-8-3-9-15-23)30(41-18-22-12-6-2-7-13-22)26(43-32)20-40-17-21-10-4-1-5-11-21/h1-16,26,30-32H,17-20H2/t26-,30-,31-,32-/m1/s1. The average molecular weight is 658 g/mol. The zero-order valence-electron chi connectivity index (χ0n) is 22.9. The summed E-state index contributed by atoms with van der Waals surface area (Å²) in [5.74, 6) is 0. The molecule has 0 unspecified atom stereocenters. The number of aromatic nitrogens is 2. The van der Waals surface area contributed by atoms with Crippen molar-refractivity contribution in [2.75, 3.05) is 6.61 Å². The second-order valence-corrected chi connectivity index (χ2v) is 11.7. The van der Waals surface area contributed by atoms with Crippen LogP contribution in [0.5, 0.6) is 0 Å². The number of benzene rings is 4. The van der Waals surface area contributed by atoms with Crippen molar-refractivity contribution in [1.29, 1.82) is 0 Å². The Morgan fingerprint density at radius 1 is 0.674 bits per heavy atom. The van der Waals surface area contributed by atoms with Crippen LogP contribution in [0.3, 0.4) is 0 Å². The van der Waals surface area contributed by atoms with E-state index in [1.54, 1.807) is 10.6 Å². The first-order valence-electron chi connectivity index (χ1n) is 13.8. The van der Waals surface area contributed by atoms with Gasteiger partial charge in [0.15, 0.2) is 6.23 Å². The van der Waals surface area contributed by atoms with Crippen molar-refractivity contribution in [3.8, 4) is 0 Å². The molecule has 6 nitrogen and oxygen atoms in total. The Labute approximate surface area is 270 Å². The fraction of sp³-hybridized carbons (Fsp3) is 0.242. The number of imidazole rings is 1. The molecule has 0 spiro atoms. The predicted molar refractivity (Wildman–Crippen MR) is 170 cm³/mol. The van der Waals surface area contributed by atoms with Crippen LogP contribution in [0.4, 0.5) is 0 Å². The molecule has 1 aliphatic heterocycles. The maximum absolute atomic E-state index is 6.76. The highest BCUT2D eigenvalue weighted by Crippen LogP contribution is 2.43. The first kappa shape index (κ1) is 30.4. The molecule has 1 aromatic heterocycles. The van der Waals surface area contributed by atoms with E-state index in [1.165, 1.54) is 0 Å². The van der Waals surface area contributed by atoms with Crippen LogP contribution < -0.4 is 0 Å². The average Bonchev–Trinajstić information content (AvgIpc) is 3.54. The predicted octanol–water partition coefficient (Wildman–Crippen LogP) is 8.93. The number of nitrogens with zero attached hydrogens (tertiary/aromatic N) is 2. The lowest BCUT2D eigenvalue weighted by atomic mass is 10.1. The van der Waals surface area contributed by atoms with Gasteiger partial charge in [0, 0.05) is 0 Å². The third kappa shape index (κ3) is 6.88. The molecule has 0 bridgehead atoms. The first-order valence-corrected chi connectivity index (χ1v) is 15.3. The minimum Gasteiger partial charge on any atom is -0.374 e. The van der Waals surface area contributed by atoms with E-state index in [9.17, 15) is 0 Å². The van der Waals surface area contributed by atoms with Crippen LogP contribution in [-0.2, 0) is 38.8 Å². The molecule has 5 aromatic rings. The van der Waals surface area contributed by atoms with E-state index in [0.717, 1.165) is 16.7 Å². The van der Waals surface area contributed by atoms with E-state index in [4.69, 9.17) is 65.4 Å². The lowest BCUT2D eigenvalue weighted by Crippen LogP contribution is -2.38. The quantitative estimate of drug-likeness (QED) is 0.133. The minimum atomic E-state index is -0.736. The summed E-state index contributed by atoms with van der Waals surface area (Å²) in [4.78, 5) is 4.50. The van der Waals surface area contributed by atoms with Crippen LogP contribution >= 0.6 is 46.4 Å². The van der Waals surface area contributed by atoms with Gasteiger partial charge in [-0.25, -0.2) is 4.98 Å². The zero-order chi connectivity index (χ0) is 29.8. The number of hydrogen-bond acceptors (Lipinski definition) is 5. The molecule has 1 aliphatic rings. The van der Waals surface area contributed by atoms with Gasteiger partial charge >= 0.3 is 0 Å². The van der Waals surface area contributed by atoms with Gasteiger partial charge in [-0.15, -0.1) is 0 Å². The maximum atomic E-state index is 6.76. The van der Waals surface area contributed by atoms with Crippen molar-refractivity contribution in [3.63, 3.8) is 0 Å². The molecule has 0 aliphatic carbocycles. The molecule has 4 aromatic carbocycles. The molecule has 4 atom stereocenters. The van der Waals surface area contributed by atoms with Gasteiger partial charge in [0.25, 0.3) is 0 Å². The molecule has 1 saturated heterocycles. The molecule has 10 heteroatoms. The summed E-state index contributed by atoms with van der Waals surface area (Å²) in [5.41, 5.74) is 4.06. The van der Waals surface area contributed by atoms with E-state index < -0.39 is 24.5 Å². The topological polar surface area (TPSA) is 54.7 Å². The summed E-state index contributed by atoms with van der Waals surface area (Å²) in [5, 5.41) is 0.847. The number of ether oxygens (including phenoxy) is 4. The summed E-state index contributed by atoms with van der Waals surface area (Å²) < 4.78 is 27.8. The lowest BCUT2D eigenvalue weighted by molar-refractivity contribution is -0.0913. The largest absolute Gasteiger partial charge is 0.374 e. The Morgan fingerprint density at radius 2 is 1.21 bits per heavy atom. The Balaban J connectivity index is 1.35. The molecular formula is C33H28Cl4N2O4. The van der Waals surface area contributed by atoms with Crippen LogP contribution in [0.25, 0.3) is 11.0 Å². The van der Waals surface area contributed by atoms with Gasteiger partial charge in [-0.1, -0.05) is 126 Å². The molecule has 6 rings (SSSR count). The minimum absolute atomic E-state index is 0.154. The molecule has 43 heavy (non-hydrogen) atoms. The second kappa shape index (κ2) is 14.0. The summed E-state index contributed by atoms with van der Waals surface area (Å²) in [6, 6.07) is 31.5. The SMILES string of the molecule is Clc1cc2c(nc(Cl)n2[C@@H]2O[C@H](COCc3ccccc3)[C@@H](OCc3ccccc3)[C@H]2OCc2ccccc2)c(Cl)c1Cl. The van der Waals surface area contributed by atoms with Crippen molar-refractivity contribution < 1.29 is 18.9 Å². The fourth-order valence-electron chi connectivity index (χ4n) is 5.18. The number of fused-ring (bicyclic) bond motifs is 1. The lowest BCUT2D eigenvalue weighted by Gasteiger charge is -2.26. The van der Waals surface area contributed by atoms with Gasteiger partial charge in [-0.3, -0.25) is 4.57 Å². The second-order valence-electron chi connectivity index (χ2n) is 10.2. The van der Waals surface area contributed by atoms with Crippen LogP contribution in [0.2, 0.25) is 20.4 Å². The van der Waals surface area contributed by atoms with Crippen molar-refractivity contribution in [2.45, 2.75) is 44.4 Å². The van der Waals surface area contributed by atoms with Gasteiger partial charge < -0.3 is 18.9 Å². The number of rotatable bonds is 11. The highest BCUT2D eigenvalue weighted by atomic mass is 35.5. The maximum Gasteiger partial charge on any atom is 0.206 e. The Hall–Kier alpha value is -2.65. The van der Waals surface area contributed by atoms with Crippen LogP contribution in [-0.4, -0.2) is 34.5 Å². The third-order valence-corrected chi connectivity index (χ3v) is 8.80. The summed E-state index contributed by atoms with van der Waals surface area (Å²) in [6.07, 6.45) is -2.35. The summed E-state index contributed by atoms with van der Waals surface area (Å²) >= 11 is 26.1. The monoisotopic (exact) mass is 656 g/mol. The van der Waals surface area contributed by atoms with Gasteiger partial charge in [0.2, 0.25) is 5.28 Å². The van der Waals surface area contributed by atoms with Crippen molar-refractivity contribution in [1.82, 2.24) is 9.55 Å².